The van der Waals surface area contributed by atoms with E-state index in [1.807, 2.05) is 36.4 Å². The van der Waals surface area contributed by atoms with Gasteiger partial charge in [-0.25, -0.2) is 4.79 Å². The Morgan fingerprint density at radius 2 is 1.23 bits per heavy atom. The smallest absolute Gasteiger partial charge is 0.344 e. The number of benzene rings is 2. The summed E-state index contributed by atoms with van der Waals surface area (Å²) < 4.78 is 16.9. The first-order valence-corrected chi connectivity index (χ1v) is 15.1. The summed E-state index contributed by atoms with van der Waals surface area (Å²) in [5, 5.41) is 7.93. The Kier molecular flexibility index (Phi) is 14.0. The van der Waals surface area contributed by atoms with Crippen molar-refractivity contribution in [3.05, 3.63) is 66.2 Å². The first-order chi connectivity index (χ1) is 19.6. The lowest BCUT2D eigenvalue weighted by atomic mass is 10.0. The molecule has 0 amide bonds. The number of carbonyl (C=O) groups excluding carboxylic acids is 1. The molecule has 1 aromatic heterocycles. The van der Waals surface area contributed by atoms with Gasteiger partial charge in [-0.1, -0.05) is 109 Å². The summed E-state index contributed by atoms with van der Waals surface area (Å²) in [5.41, 5.74) is 2.52. The number of ether oxygens (including phenoxy) is 3. The van der Waals surface area contributed by atoms with Crippen LogP contribution in [0.5, 0.6) is 17.5 Å². The summed E-state index contributed by atoms with van der Waals surface area (Å²) in [6, 6.07) is 18.7. The Balaban J connectivity index is 1.36. The van der Waals surface area contributed by atoms with E-state index in [9.17, 15) is 4.79 Å². The molecular weight excluding hydrogens is 500 g/mol. The Hall–Kier alpha value is -3.41. The Bertz CT molecular complexity index is 1100. The predicted octanol–water partition coefficient (Wildman–Crippen LogP) is 9.09. The quantitative estimate of drug-likeness (QED) is 0.110. The number of carbonyl (C=O) groups is 1. The molecule has 0 saturated carbocycles. The summed E-state index contributed by atoms with van der Waals surface area (Å²) in [4.78, 5) is 12.6. The van der Waals surface area contributed by atoms with E-state index in [-0.39, 0.29) is 5.88 Å². The van der Waals surface area contributed by atoms with Crippen LogP contribution in [-0.4, -0.2) is 29.4 Å². The van der Waals surface area contributed by atoms with E-state index in [2.05, 4.69) is 31.0 Å². The molecule has 0 saturated heterocycles. The van der Waals surface area contributed by atoms with Gasteiger partial charge in [0.1, 0.15) is 5.75 Å². The number of rotatable bonds is 19. The van der Waals surface area contributed by atoms with Crippen LogP contribution in [-0.2, 0) is 0 Å². The highest BCUT2D eigenvalue weighted by atomic mass is 16.5. The van der Waals surface area contributed by atoms with Gasteiger partial charge >= 0.3 is 5.97 Å². The third kappa shape index (κ3) is 11.4. The van der Waals surface area contributed by atoms with E-state index in [0.717, 1.165) is 36.3 Å². The van der Waals surface area contributed by atoms with Crippen LogP contribution in [0.3, 0.4) is 0 Å². The lowest BCUT2D eigenvalue weighted by molar-refractivity contribution is 0.0725. The fraction of sp³-hybridized carbons (Fsp3) is 0.500. The third-order valence-corrected chi connectivity index (χ3v) is 7.10. The van der Waals surface area contributed by atoms with Crippen molar-refractivity contribution in [2.24, 2.45) is 5.92 Å². The number of hydrogen-bond acceptors (Lipinski definition) is 6. The van der Waals surface area contributed by atoms with Crippen LogP contribution in [0.15, 0.2) is 60.7 Å². The van der Waals surface area contributed by atoms with Crippen LogP contribution < -0.4 is 14.2 Å². The molecule has 3 rings (SSSR count). The maximum Gasteiger partial charge on any atom is 0.344 e. The molecule has 0 aliphatic carbocycles. The molecule has 1 atom stereocenters. The van der Waals surface area contributed by atoms with Crippen molar-refractivity contribution in [1.29, 1.82) is 0 Å². The summed E-state index contributed by atoms with van der Waals surface area (Å²) >= 11 is 0. The van der Waals surface area contributed by atoms with Crippen LogP contribution >= 0.6 is 0 Å². The lowest BCUT2D eigenvalue weighted by Crippen LogP contribution is -2.11. The van der Waals surface area contributed by atoms with Crippen molar-refractivity contribution in [3.8, 4) is 28.6 Å². The van der Waals surface area contributed by atoms with E-state index >= 15 is 0 Å². The molecular formula is C34H46N2O4. The standard InChI is InChI=1S/C34H46N2O4/c1-4-6-7-8-9-10-11-12-13-14-25-38-31-21-19-29(20-22-31)28-15-17-30(18-16-28)34(37)40-33-24-23-32(35-36-33)39-26-27(3)5-2/h15-24,27H,4-14,25-26H2,1-3H3/t27-/m0/s1. The van der Waals surface area contributed by atoms with Gasteiger partial charge in [-0.05, 0) is 47.7 Å². The van der Waals surface area contributed by atoms with E-state index < -0.39 is 5.97 Å². The van der Waals surface area contributed by atoms with Gasteiger partial charge < -0.3 is 14.2 Å². The lowest BCUT2D eigenvalue weighted by Gasteiger charge is -2.10. The highest BCUT2D eigenvalue weighted by Crippen LogP contribution is 2.24. The highest BCUT2D eigenvalue weighted by Gasteiger charge is 2.11. The zero-order valence-corrected chi connectivity index (χ0v) is 24.6. The molecule has 0 radical (unpaired) electrons. The largest absolute Gasteiger partial charge is 0.494 e. The molecule has 1 heterocycles. The number of aromatic nitrogens is 2. The van der Waals surface area contributed by atoms with Gasteiger partial charge in [-0.3, -0.25) is 0 Å². The maximum absolute atomic E-state index is 12.6. The normalized spacial score (nSPS) is 11.7. The van der Waals surface area contributed by atoms with Gasteiger partial charge in [0.2, 0.25) is 11.8 Å². The Morgan fingerprint density at radius 3 is 1.80 bits per heavy atom. The topological polar surface area (TPSA) is 70.5 Å². The van der Waals surface area contributed by atoms with Gasteiger partial charge in [0.15, 0.2) is 0 Å². The molecule has 0 aliphatic rings. The fourth-order valence-corrected chi connectivity index (χ4v) is 4.26. The van der Waals surface area contributed by atoms with E-state index in [1.54, 1.807) is 24.3 Å². The summed E-state index contributed by atoms with van der Waals surface area (Å²) in [6.45, 7) is 7.82. The second-order valence-electron chi connectivity index (χ2n) is 10.6. The zero-order chi connectivity index (χ0) is 28.4. The third-order valence-electron chi connectivity index (χ3n) is 7.10. The minimum atomic E-state index is -0.482. The molecule has 0 N–H and O–H groups in total. The molecule has 0 spiro atoms. The van der Waals surface area contributed by atoms with Gasteiger partial charge in [0.05, 0.1) is 18.8 Å². The van der Waals surface area contributed by atoms with Crippen molar-refractivity contribution in [3.63, 3.8) is 0 Å². The highest BCUT2D eigenvalue weighted by molar-refractivity contribution is 5.91. The first-order valence-electron chi connectivity index (χ1n) is 15.1. The molecule has 0 aliphatic heterocycles. The summed E-state index contributed by atoms with van der Waals surface area (Å²) in [5.74, 6) is 1.40. The molecule has 6 heteroatoms. The van der Waals surface area contributed by atoms with Crippen molar-refractivity contribution in [2.75, 3.05) is 13.2 Å². The van der Waals surface area contributed by atoms with Crippen LogP contribution in [0, 0.1) is 5.92 Å². The minimum Gasteiger partial charge on any atom is -0.494 e. The van der Waals surface area contributed by atoms with Crippen LogP contribution in [0.4, 0.5) is 0 Å². The second kappa shape index (κ2) is 18.0. The van der Waals surface area contributed by atoms with E-state index in [4.69, 9.17) is 14.2 Å². The molecule has 2 aromatic carbocycles. The molecule has 3 aromatic rings. The van der Waals surface area contributed by atoms with Crippen molar-refractivity contribution in [2.45, 2.75) is 91.4 Å². The first kappa shape index (κ1) is 31.1. The average molecular weight is 547 g/mol. The van der Waals surface area contributed by atoms with Crippen LogP contribution in [0.2, 0.25) is 0 Å². The number of esters is 1. The fourth-order valence-electron chi connectivity index (χ4n) is 4.26. The number of hydrogen-bond donors (Lipinski definition) is 0. The van der Waals surface area contributed by atoms with Gasteiger partial charge in [-0.2, -0.15) is 0 Å². The Morgan fingerprint density at radius 1 is 0.675 bits per heavy atom. The number of nitrogens with zero attached hydrogens (tertiary/aromatic N) is 2. The summed E-state index contributed by atoms with van der Waals surface area (Å²) in [7, 11) is 0. The van der Waals surface area contributed by atoms with Crippen molar-refractivity contribution in [1.82, 2.24) is 10.2 Å². The van der Waals surface area contributed by atoms with E-state index in [0.29, 0.717) is 24.0 Å². The van der Waals surface area contributed by atoms with Crippen molar-refractivity contribution < 1.29 is 19.0 Å². The Labute approximate surface area is 240 Å². The van der Waals surface area contributed by atoms with Gasteiger partial charge in [-0.15, -0.1) is 10.2 Å². The molecule has 0 unspecified atom stereocenters. The SMILES string of the molecule is CCCCCCCCCCCCOc1ccc(-c2ccc(C(=O)Oc3ccc(OC[C@@H](C)CC)nn3)cc2)cc1. The number of unbranched alkanes of at least 4 members (excludes halogenated alkanes) is 9. The molecule has 216 valence electrons. The van der Waals surface area contributed by atoms with Crippen LogP contribution in [0.1, 0.15) is 102 Å². The molecule has 0 fully saturated rings. The second-order valence-corrected chi connectivity index (χ2v) is 10.6. The molecule has 6 nitrogen and oxygen atoms in total. The maximum atomic E-state index is 12.6. The summed E-state index contributed by atoms with van der Waals surface area (Å²) in [6.07, 6.45) is 14.2. The van der Waals surface area contributed by atoms with Crippen molar-refractivity contribution >= 4 is 5.97 Å². The van der Waals surface area contributed by atoms with Crippen LogP contribution in [0.25, 0.3) is 11.1 Å². The van der Waals surface area contributed by atoms with Gasteiger partial charge in [0.25, 0.3) is 0 Å². The molecule has 40 heavy (non-hydrogen) atoms. The molecule has 0 bridgehead atoms. The minimum absolute atomic E-state index is 0.137. The predicted molar refractivity (Wildman–Crippen MR) is 161 cm³/mol. The van der Waals surface area contributed by atoms with E-state index in [1.165, 1.54) is 57.8 Å². The monoisotopic (exact) mass is 546 g/mol. The zero-order valence-electron chi connectivity index (χ0n) is 24.6. The van der Waals surface area contributed by atoms with Gasteiger partial charge in [0, 0.05) is 12.1 Å². The average Bonchev–Trinajstić information content (AvgIpc) is 2.99.